The van der Waals surface area contributed by atoms with Gasteiger partial charge in [-0.25, -0.2) is 0 Å². The number of hydrogen-bond donors (Lipinski definition) is 2. The lowest BCUT2D eigenvalue weighted by molar-refractivity contribution is -0.132. The van der Waals surface area contributed by atoms with E-state index in [1.165, 1.54) is 6.42 Å². The highest BCUT2D eigenvalue weighted by Gasteiger charge is 2.31. The smallest absolute Gasteiger partial charge is 0.247 e. The van der Waals surface area contributed by atoms with Crippen molar-refractivity contribution in [2.75, 3.05) is 12.4 Å². The SMILES string of the molecule is COc1ccc(NC(=O)[C@@H](NC(=O)[C@H]2CCCC[C@H]2C)C(C)C)cc1. The number of anilines is 1. The molecule has 0 saturated heterocycles. The van der Waals surface area contributed by atoms with Crippen LogP contribution in [-0.2, 0) is 9.59 Å². The first-order valence-corrected chi connectivity index (χ1v) is 9.17. The summed E-state index contributed by atoms with van der Waals surface area (Å²) in [6.07, 6.45) is 4.28. The Bertz CT molecular complexity index is 583. The van der Waals surface area contributed by atoms with Crippen LogP contribution in [0, 0.1) is 17.8 Å². The highest BCUT2D eigenvalue weighted by Crippen LogP contribution is 2.30. The van der Waals surface area contributed by atoms with Gasteiger partial charge in [0, 0.05) is 11.6 Å². The van der Waals surface area contributed by atoms with Crippen LogP contribution in [-0.4, -0.2) is 25.0 Å². The van der Waals surface area contributed by atoms with Gasteiger partial charge in [-0.15, -0.1) is 0 Å². The van der Waals surface area contributed by atoms with E-state index in [2.05, 4.69) is 17.6 Å². The zero-order chi connectivity index (χ0) is 18.4. The van der Waals surface area contributed by atoms with Gasteiger partial charge in [-0.1, -0.05) is 33.6 Å². The second-order valence-electron chi connectivity index (χ2n) is 7.32. The summed E-state index contributed by atoms with van der Waals surface area (Å²) in [6.45, 7) is 6.02. The molecule has 0 aromatic heterocycles. The molecule has 25 heavy (non-hydrogen) atoms. The van der Waals surface area contributed by atoms with E-state index in [0.29, 0.717) is 11.6 Å². The van der Waals surface area contributed by atoms with Crippen LogP contribution in [0.2, 0.25) is 0 Å². The molecular weight excluding hydrogens is 316 g/mol. The van der Waals surface area contributed by atoms with Gasteiger partial charge in [-0.3, -0.25) is 9.59 Å². The van der Waals surface area contributed by atoms with Gasteiger partial charge in [0.2, 0.25) is 11.8 Å². The minimum Gasteiger partial charge on any atom is -0.497 e. The molecule has 2 rings (SSSR count). The van der Waals surface area contributed by atoms with Crippen LogP contribution in [0.1, 0.15) is 46.5 Å². The number of hydrogen-bond acceptors (Lipinski definition) is 3. The van der Waals surface area contributed by atoms with Gasteiger partial charge in [0.05, 0.1) is 7.11 Å². The lowest BCUT2D eigenvalue weighted by Gasteiger charge is -2.30. The predicted octanol–water partition coefficient (Wildman–Crippen LogP) is 3.60. The summed E-state index contributed by atoms with van der Waals surface area (Å²) in [5, 5.41) is 5.87. The van der Waals surface area contributed by atoms with E-state index in [4.69, 9.17) is 4.74 Å². The Morgan fingerprint density at radius 3 is 2.32 bits per heavy atom. The third-order valence-electron chi connectivity index (χ3n) is 5.05. The van der Waals surface area contributed by atoms with E-state index in [1.54, 1.807) is 31.4 Å². The van der Waals surface area contributed by atoms with Crippen LogP contribution in [0.5, 0.6) is 5.75 Å². The summed E-state index contributed by atoms with van der Waals surface area (Å²) >= 11 is 0. The normalized spacial score (nSPS) is 21.5. The zero-order valence-corrected chi connectivity index (χ0v) is 15.7. The Balaban J connectivity index is 2.00. The van der Waals surface area contributed by atoms with Gasteiger partial charge < -0.3 is 15.4 Å². The molecule has 2 N–H and O–H groups in total. The number of carbonyl (C=O) groups is 2. The number of methoxy groups -OCH3 is 1. The summed E-state index contributed by atoms with van der Waals surface area (Å²) in [7, 11) is 1.60. The average molecular weight is 346 g/mol. The van der Waals surface area contributed by atoms with Crippen molar-refractivity contribution in [1.82, 2.24) is 5.32 Å². The topological polar surface area (TPSA) is 67.4 Å². The first kappa shape index (κ1) is 19.3. The molecule has 1 aromatic rings. The molecule has 0 aliphatic heterocycles. The maximum absolute atomic E-state index is 12.7. The number of rotatable bonds is 6. The van der Waals surface area contributed by atoms with E-state index < -0.39 is 6.04 Å². The minimum atomic E-state index is -0.538. The molecule has 0 spiro atoms. The number of ether oxygens (including phenoxy) is 1. The summed E-state index contributed by atoms with van der Waals surface area (Å²) in [6, 6.07) is 6.63. The highest BCUT2D eigenvalue weighted by molar-refractivity contribution is 5.97. The predicted molar refractivity (Wildman–Crippen MR) is 99.5 cm³/mol. The zero-order valence-electron chi connectivity index (χ0n) is 15.7. The first-order valence-electron chi connectivity index (χ1n) is 9.17. The molecule has 0 unspecified atom stereocenters. The van der Waals surface area contributed by atoms with E-state index in [-0.39, 0.29) is 23.7 Å². The summed E-state index contributed by atoms with van der Waals surface area (Å²) in [4.78, 5) is 25.3. The second kappa shape index (κ2) is 8.88. The summed E-state index contributed by atoms with van der Waals surface area (Å²) in [5.41, 5.74) is 0.691. The van der Waals surface area contributed by atoms with Gasteiger partial charge in [0.1, 0.15) is 11.8 Å². The fraction of sp³-hybridized carbons (Fsp3) is 0.600. The molecule has 1 fully saturated rings. The Morgan fingerprint density at radius 2 is 1.76 bits per heavy atom. The molecule has 5 heteroatoms. The molecule has 0 bridgehead atoms. The number of amides is 2. The Hall–Kier alpha value is -2.04. The Labute approximate surface area is 150 Å². The van der Waals surface area contributed by atoms with Crippen LogP contribution in [0.25, 0.3) is 0 Å². The van der Waals surface area contributed by atoms with Crippen molar-refractivity contribution < 1.29 is 14.3 Å². The van der Waals surface area contributed by atoms with E-state index >= 15 is 0 Å². The molecular formula is C20H30N2O3. The monoisotopic (exact) mass is 346 g/mol. The van der Waals surface area contributed by atoms with Crippen molar-refractivity contribution in [3.8, 4) is 5.75 Å². The molecule has 2 amide bonds. The molecule has 1 saturated carbocycles. The Morgan fingerprint density at radius 1 is 1.12 bits per heavy atom. The number of carbonyl (C=O) groups excluding carboxylic acids is 2. The lowest BCUT2D eigenvalue weighted by atomic mass is 9.79. The van der Waals surface area contributed by atoms with E-state index in [9.17, 15) is 9.59 Å². The maximum atomic E-state index is 12.7. The average Bonchev–Trinajstić information content (AvgIpc) is 2.60. The van der Waals surface area contributed by atoms with Crippen LogP contribution < -0.4 is 15.4 Å². The van der Waals surface area contributed by atoms with Crippen LogP contribution >= 0.6 is 0 Å². The van der Waals surface area contributed by atoms with Crippen molar-refractivity contribution >= 4 is 17.5 Å². The van der Waals surface area contributed by atoms with Crippen molar-refractivity contribution in [3.05, 3.63) is 24.3 Å². The molecule has 0 heterocycles. The van der Waals surface area contributed by atoms with Crippen LogP contribution in [0.15, 0.2) is 24.3 Å². The third-order valence-corrected chi connectivity index (χ3v) is 5.05. The van der Waals surface area contributed by atoms with Gasteiger partial charge >= 0.3 is 0 Å². The van der Waals surface area contributed by atoms with Crippen LogP contribution in [0.3, 0.4) is 0 Å². The maximum Gasteiger partial charge on any atom is 0.247 e. The standard InChI is InChI=1S/C20H30N2O3/c1-13(2)18(22-19(23)17-8-6-5-7-14(17)3)20(24)21-15-9-11-16(25-4)12-10-15/h9-14,17-18H,5-8H2,1-4H3,(H,21,24)(H,22,23)/t14-,17+,18+/m1/s1. The molecule has 1 aromatic carbocycles. The largest absolute Gasteiger partial charge is 0.497 e. The van der Waals surface area contributed by atoms with E-state index in [1.807, 2.05) is 13.8 Å². The lowest BCUT2D eigenvalue weighted by Crippen LogP contribution is -2.50. The molecule has 1 aliphatic rings. The highest BCUT2D eigenvalue weighted by atomic mass is 16.5. The fourth-order valence-corrected chi connectivity index (χ4v) is 3.40. The number of benzene rings is 1. The van der Waals surface area contributed by atoms with Gasteiger partial charge in [-0.05, 0) is 48.9 Å². The fourth-order valence-electron chi connectivity index (χ4n) is 3.40. The van der Waals surface area contributed by atoms with Gasteiger partial charge in [-0.2, -0.15) is 0 Å². The van der Waals surface area contributed by atoms with Crippen molar-refractivity contribution in [2.24, 2.45) is 17.8 Å². The molecule has 3 atom stereocenters. The first-order chi connectivity index (χ1) is 11.9. The van der Waals surface area contributed by atoms with Gasteiger partial charge in [0.25, 0.3) is 0 Å². The third kappa shape index (κ3) is 5.21. The molecule has 1 aliphatic carbocycles. The molecule has 138 valence electrons. The molecule has 0 radical (unpaired) electrons. The minimum absolute atomic E-state index is 0.00998. The van der Waals surface area contributed by atoms with E-state index in [0.717, 1.165) is 25.0 Å². The number of nitrogens with one attached hydrogen (secondary N) is 2. The molecule has 5 nitrogen and oxygen atoms in total. The van der Waals surface area contributed by atoms with Crippen molar-refractivity contribution in [3.63, 3.8) is 0 Å². The van der Waals surface area contributed by atoms with Crippen molar-refractivity contribution in [1.29, 1.82) is 0 Å². The van der Waals surface area contributed by atoms with Crippen molar-refractivity contribution in [2.45, 2.75) is 52.5 Å². The van der Waals surface area contributed by atoms with Gasteiger partial charge in [0.15, 0.2) is 0 Å². The summed E-state index contributed by atoms with van der Waals surface area (Å²) in [5.74, 6) is 0.974. The quantitative estimate of drug-likeness (QED) is 0.827. The Kier molecular flexibility index (Phi) is 6.85. The summed E-state index contributed by atoms with van der Waals surface area (Å²) < 4.78 is 5.12. The second-order valence-corrected chi connectivity index (χ2v) is 7.32. The van der Waals surface area contributed by atoms with Crippen LogP contribution in [0.4, 0.5) is 5.69 Å².